The lowest BCUT2D eigenvalue weighted by atomic mass is 10.1. The number of hydrogen-bond acceptors (Lipinski definition) is 2. The van der Waals surface area contributed by atoms with Crippen LogP contribution in [0.15, 0.2) is 22.7 Å². The molecule has 0 saturated carbocycles. The highest BCUT2D eigenvalue weighted by molar-refractivity contribution is 9.10. The van der Waals surface area contributed by atoms with Gasteiger partial charge < -0.3 is 4.74 Å². The normalized spacial score (nSPS) is 18.0. The summed E-state index contributed by atoms with van der Waals surface area (Å²) >= 11 is 3.52. The van der Waals surface area contributed by atoms with Crippen LogP contribution in [0, 0.1) is 6.92 Å². The van der Waals surface area contributed by atoms with E-state index in [1.54, 1.807) is 0 Å². The average molecular weight is 270 g/mol. The van der Waals surface area contributed by atoms with Gasteiger partial charge in [0, 0.05) is 24.1 Å². The standard InChI is InChI=1S/C12H16BrNO/c1-10-8-11(2-3-12(10)13)9-14-4-6-15-7-5-14/h2-3,8H,4-7,9H2,1H3. The Balaban J connectivity index is 2.00. The molecule has 1 aliphatic rings. The Bertz CT molecular complexity index is 334. The second-order valence-electron chi connectivity index (χ2n) is 3.97. The highest BCUT2D eigenvalue weighted by atomic mass is 79.9. The number of rotatable bonds is 2. The van der Waals surface area contributed by atoms with Crippen molar-refractivity contribution in [3.63, 3.8) is 0 Å². The molecular weight excluding hydrogens is 254 g/mol. The van der Waals surface area contributed by atoms with Crippen LogP contribution >= 0.6 is 15.9 Å². The van der Waals surface area contributed by atoms with Gasteiger partial charge in [-0.3, -0.25) is 4.90 Å². The maximum Gasteiger partial charge on any atom is 0.0594 e. The van der Waals surface area contributed by atoms with Gasteiger partial charge in [-0.1, -0.05) is 28.1 Å². The van der Waals surface area contributed by atoms with Crippen LogP contribution in [-0.4, -0.2) is 31.2 Å². The first-order chi connectivity index (χ1) is 7.25. The number of halogens is 1. The van der Waals surface area contributed by atoms with Gasteiger partial charge in [0.25, 0.3) is 0 Å². The molecule has 1 fully saturated rings. The molecule has 2 nitrogen and oxygen atoms in total. The minimum Gasteiger partial charge on any atom is -0.379 e. The number of ether oxygens (including phenoxy) is 1. The van der Waals surface area contributed by atoms with Crippen molar-refractivity contribution in [2.75, 3.05) is 26.3 Å². The molecular formula is C12H16BrNO. The van der Waals surface area contributed by atoms with Crippen LogP contribution in [-0.2, 0) is 11.3 Å². The summed E-state index contributed by atoms with van der Waals surface area (Å²) in [4.78, 5) is 2.44. The molecule has 0 radical (unpaired) electrons. The van der Waals surface area contributed by atoms with Gasteiger partial charge in [-0.25, -0.2) is 0 Å². The first-order valence-electron chi connectivity index (χ1n) is 5.31. The molecule has 0 unspecified atom stereocenters. The van der Waals surface area contributed by atoms with E-state index in [0.29, 0.717) is 0 Å². The van der Waals surface area contributed by atoms with Gasteiger partial charge in [-0.15, -0.1) is 0 Å². The second kappa shape index (κ2) is 5.10. The Morgan fingerprint density at radius 3 is 2.73 bits per heavy atom. The number of aryl methyl sites for hydroxylation is 1. The molecule has 0 aliphatic carbocycles. The van der Waals surface area contributed by atoms with Crippen molar-refractivity contribution >= 4 is 15.9 Å². The van der Waals surface area contributed by atoms with Gasteiger partial charge in [0.2, 0.25) is 0 Å². The van der Waals surface area contributed by atoms with Crippen molar-refractivity contribution in [1.29, 1.82) is 0 Å². The van der Waals surface area contributed by atoms with Crippen LogP contribution in [0.3, 0.4) is 0 Å². The van der Waals surface area contributed by atoms with Crippen molar-refractivity contribution in [1.82, 2.24) is 4.90 Å². The summed E-state index contributed by atoms with van der Waals surface area (Å²) in [6.45, 7) is 7.01. The van der Waals surface area contributed by atoms with Crippen molar-refractivity contribution in [3.8, 4) is 0 Å². The molecule has 0 amide bonds. The van der Waals surface area contributed by atoms with E-state index in [1.807, 2.05) is 0 Å². The fourth-order valence-corrected chi connectivity index (χ4v) is 2.07. The van der Waals surface area contributed by atoms with Gasteiger partial charge in [-0.2, -0.15) is 0 Å². The first kappa shape index (κ1) is 11.1. The van der Waals surface area contributed by atoms with Crippen LogP contribution in [0.5, 0.6) is 0 Å². The Labute approximate surface area is 99.4 Å². The predicted octanol–water partition coefficient (Wildman–Crippen LogP) is 2.59. The van der Waals surface area contributed by atoms with Crippen LogP contribution in [0.25, 0.3) is 0 Å². The quantitative estimate of drug-likeness (QED) is 0.819. The third-order valence-corrected chi connectivity index (χ3v) is 3.62. The minimum absolute atomic E-state index is 0.871. The van der Waals surface area contributed by atoms with Crippen LogP contribution in [0.4, 0.5) is 0 Å². The summed E-state index contributed by atoms with van der Waals surface area (Å²) in [6, 6.07) is 6.57. The molecule has 0 bridgehead atoms. The van der Waals surface area contributed by atoms with Gasteiger partial charge in [0.15, 0.2) is 0 Å². The lowest BCUT2D eigenvalue weighted by molar-refractivity contribution is 0.0342. The highest BCUT2D eigenvalue weighted by Gasteiger charge is 2.10. The van der Waals surface area contributed by atoms with Crippen LogP contribution < -0.4 is 0 Å². The van der Waals surface area contributed by atoms with E-state index in [1.165, 1.54) is 15.6 Å². The van der Waals surface area contributed by atoms with E-state index in [0.717, 1.165) is 32.8 Å². The zero-order valence-electron chi connectivity index (χ0n) is 9.00. The molecule has 15 heavy (non-hydrogen) atoms. The van der Waals surface area contributed by atoms with Crippen molar-refractivity contribution in [2.24, 2.45) is 0 Å². The third kappa shape index (κ3) is 3.03. The minimum atomic E-state index is 0.871. The molecule has 82 valence electrons. The van der Waals surface area contributed by atoms with E-state index in [-0.39, 0.29) is 0 Å². The number of morpholine rings is 1. The summed E-state index contributed by atoms with van der Waals surface area (Å²) in [7, 11) is 0. The predicted molar refractivity (Wildman–Crippen MR) is 65.0 cm³/mol. The fraction of sp³-hybridized carbons (Fsp3) is 0.500. The van der Waals surface area contributed by atoms with Gasteiger partial charge in [0.05, 0.1) is 13.2 Å². The molecule has 0 aromatic heterocycles. The van der Waals surface area contributed by atoms with Crippen molar-refractivity contribution in [3.05, 3.63) is 33.8 Å². The van der Waals surface area contributed by atoms with Gasteiger partial charge in [-0.05, 0) is 24.1 Å². The lowest BCUT2D eigenvalue weighted by Crippen LogP contribution is -2.35. The fourth-order valence-electron chi connectivity index (χ4n) is 1.82. The summed E-state index contributed by atoms with van der Waals surface area (Å²) in [6.07, 6.45) is 0. The van der Waals surface area contributed by atoms with Crippen molar-refractivity contribution < 1.29 is 4.74 Å². The Kier molecular flexibility index (Phi) is 3.78. The molecule has 1 heterocycles. The van der Waals surface area contributed by atoms with E-state index >= 15 is 0 Å². The number of nitrogens with zero attached hydrogens (tertiary/aromatic N) is 1. The SMILES string of the molecule is Cc1cc(CN2CCOCC2)ccc1Br. The highest BCUT2D eigenvalue weighted by Crippen LogP contribution is 2.18. The summed E-state index contributed by atoms with van der Waals surface area (Å²) < 4.78 is 6.52. The van der Waals surface area contributed by atoms with E-state index in [2.05, 4.69) is 46.0 Å². The van der Waals surface area contributed by atoms with Gasteiger partial charge in [0.1, 0.15) is 0 Å². The molecule has 1 aliphatic heterocycles. The van der Waals surface area contributed by atoms with E-state index in [4.69, 9.17) is 4.74 Å². The maximum atomic E-state index is 5.33. The lowest BCUT2D eigenvalue weighted by Gasteiger charge is -2.26. The number of benzene rings is 1. The summed E-state index contributed by atoms with van der Waals surface area (Å²) in [5.74, 6) is 0. The molecule has 0 N–H and O–H groups in total. The van der Waals surface area contributed by atoms with E-state index in [9.17, 15) is 0 Å². The first-order valence-corrected chi connectivity index (χ1v) is 6.10. The number of hydrogen-bond donors (Lipinski definition) is 0. The zero-order valence-corrected chi connectivity index (χ0v) is 10.6. The molecule has 1 saturated heterocycles. The summed E-state index contributed by atoms with van der Waals surface area (Å²) in [5.41, 5.74) is 2.69. The zero-order chi connectivity index (χ0) is 10.7. The third-order valence-electron chi connectivity index (χ3n) is 2.73. The Hall–Kier alpha value is -0.380. The van der Waals surface area contributed by atoms with Crippen LogP contribution in [0.1, 0.15) is 11.1 Å². The molecule has 0 spiro atoms. The molecule has 1 aromatic carbocycles. The maximum absolute atomic E-state index is 5.33. The monoisotopic (exact) mass is 269 g/mol. The second-order valence-corrected chi connectivity index (χ2v) is 4.83. The molecule has 1 aromatic rings. The van der Waals surface area contributed by atoms with Gasteiger partial charge >= 0.3 is 0 Å². The molecule has 3 heteroatoms. The van der Waals surface area contributed by atoms with Crippen LogP contribution in [0.2, 0.25) is 0 Å². The largest absolute Gasteiger partial charge is 0.379 e. The molecule has 0 atom stereocenters. The average Bonchev–Trinajstić information content (AvgIpc) is 2.25. The molecule has 2 rings (SSSR count). The Morgan fingerprint density at radius 1 is 1.33 bits per heavy atom. The Morgan fingerprint density at radius 2 is 2.07 bits per heavy atom. The topological polar surface area (TPSA) is 12.5 Å². The van der Waals surface area contributed by atoms with Crippen molar-refractivity contribution in [2.45, 2.75) is 13.5 Å². The smallest absolute Gasteiger partial charge is 0.0594 e. The summed E-state index contributed by atoms with van der Waals surface area (Å²) in [5, 5.41) is 0. The van der Waals surface area contributed by atoms with E-state index < -0.39 is 0 Å².